The van der Waals surface area contributed by atoms with Gasteiger partial charge in [-0.3, -0.25) is 9.58 Å². The van der Waals surface area contributed by atoms with Gasteiger partial charge in [0, 0.05) is 12.7 Å². The first-order chi connectivity index (χ1) is 11.8. The van der Waals surface area contributed by atoms with Crippen molar-refractivity contribution in [3.05, 3.63) is 48.3 Å². The standard InChI is InChI=1S/C19H27N5O/c1-19(2,3)24-13-15(12-20-24)21-18(25)22-16-10-11-23(4)17(16)14-8-6-5-7-9-14/h5-9,12-13,16-17H,10-11H2,1-4H3,(H2,21,22,25)/t16-,17-/m0/s1. The van der Waals surface area contributed by atoms with E-state index in [1.807, 2.05) is 29.1 Å². The fourth-order valence-electron chi connectivity index (χ4n) is 3.32. The third kappa shape index (κ3) is 4.02. The van der Waals surface area contributed by atoms with Crippen molar-refractivity contribution < 1.29 is 4.79 Å². The first-order valence-electron chi connectivity index (χ1n) is 8.72. The van der Waals surface area contributed by atoms with Crippen LogP contribution in [0.1, 0.15) is 38.8 Å². The zero-order valence-electron chi connectivity index (χ0n) is 15.4. The van der Waals surface area contributed by atoms with Crippen molar-refractivity contribution in [2.45, 2.75) is 44.8 Å². The van der Waals surface area contributed by atoms with E-state index in [2.05, 4.69) is 60.6 Å². The molecule has 1 saturated heterocycles. The Labute approximate surface area is 149 Å². The lowest BCUT2D eigenvalue weighted by Crippen LogP contribution is -2.41. The Balaban J connectivity index is 1.65. The number of carbonyl (C=O) groups is 1. The fraction of sp³-hybridized carbons (Fsp3) is 0.474. The van der Waals surface area contributed by atoms with Gasteiger partial charge >= 0.3 is 6.03 Å². The predicted molar refractivity (Wildman–Crippen MR) is 99.6 cm³/mol. The lowest BCUT2D eigenvalue weighted by atomic mass is 10.0. The number of likely N-dealkylation sites (N-methyl/N-ethyl adjacent to an activating group) is 1. The van der Waals surface area contributed by atoms with Crippen LogP contribution >= 0.6 is 0 Å². The Morgan fingerprint density at radius 1 is 1.24 bits per heavy atom. The van der Waals surface area contributed by atoms with Gasteiger partial charge in [0.2, 0.25) is 0 Å². The number of amides is 2. The number of hydrogen-bond acceptors (Lipinski definition) is 3. The van der Waals surface area contributed by atoms with Gasteiger partial charge in [0.25, 0.3) is 0 Å². The number of likely N-dealkylation sites (tertiary alicyclic amines) is 1. The second-order valence-corrected chi connectivity index (χ2v) is 7.67. The molecule has 2 aromatic rings. The minimum atomic E-state index is -0.185. The van der Waals surface area contributed by atoms with E-state index in [-0.39, 0.29) is 23.7 Å². The van der Waals surface area contributed by atoms with E-state index >= 15 is 0 Å². The monoisotopic (exact) mass is 341 g/mol. The number of nitrogens with zero attached hydrogens (tertiary/aromatic N) is 3. The normalized spacial score (nSPS) is 21.3. The summed E-state index contributed by atoms with van der Waals surface area (Å²) in [5.41, 5.74) is 1.83. The summed E-state index contributed by atoms with van der Waals surface area (Å²) < 4.78 is 1.85. The molecule has 0 aliphatic carbocycles. The molecule has 0 saturated carbocycles. The molecule has 2 atom stereocenters. The Morgan fingerprint density at radius 3 is 2.60 bits per heavy atom. The number of benzene rings is 1. The first kappa shape index (κ1) is 17.5. The van der Waals surface area contributed by atoms with E-state index in [4.69, 9.17) is 0 Å². The molecule has 6 nitrogen and oxygen atoms in total. The van der Waals surface area contributed by atoms with Crippen LogP contribution in [0.3, 0.4) is 0 Å². The minimum Gasteiger partial charge on any atom is -0.333 e. The maximum atomic E-state index is 12.4. The first-order valence-corrected chi connectivity index (χ1v) is 8.72. The number of rotatable bonds is 3. The summed E-state index contributed by atoms with van der Waals surface area (Å²) in [4.78, 5) is 14.7. The summed E-state index contributed by atoms with van der Waals surface area (Å²) in [6.45, 7) is 7.18. The average Bonchev–Trinajstić information content (AvgIpc) is 3.15. The zero-order chi connectivity index (χ0) is 18.0. The molecule has 2 N–H and O–H groups in total. The molecular formula is C19H27N5O. The molecule has 6 heteroatoms. The second kappa shape index (κ2) is 6.88. The molecule has 1 aliphatic heterocycles. The molecule has 2 heterocycles. The third-order valence-electron chi connectivity index (χ3n) is 4.63. The minimum absolute atomic E-state index is 0.0880. The quantitative estimate of drug-likeness (QED) is 0.901. The third-order valence-corrected chi connectivity index (χ3v) is 4.63. The Kier molecular flexibility index (Phi) is 4.81. The maximum Gasteiger partial charge on any atom is 0.319 e. The van der Waals surface area contributed by atoms with Gasteiger partial charge in [0.1, 0.15) is 0 Å². The number of aromatic nitrogens is 2. The molecule has 1 aromatic carbocycles. The molecule has 0 spiro atoms. The lowest BCUT2D eigenvalue weighted by Gasteiger charge is -2.26. The van der Waals surface area contributed by atoms with Gasteiger partial charge < -0.3 is 10.6 Å². The molecule has 2 amide bonds. The zero-order valence-corrected chi connectivity index (χ0v) is 15.4. The summed E-state index contributed by atoms with van der Waals surface area (Å²) in [7, 11) is 2.10. The Bertz CT molecular complexity index is 719. The molecular weight excluding hydrogens is 314 g/mol. The fourth-order valence-corrected chi connectivity index (χ4v) is 3.32. The van der Waals surface area contributed by atoms with E-state index in [9.17, 15) is 4.79 Å². The van der Waals surface area contributed by atoms with Gasteiger partial charge in [-0.05, 0) is 39.8 Å². The maximum absolute atomic E-state index is 12.4. The van der Waals surface area contributed by atoms with Crippen LogP contribution in [-0.2, 0) is 5.54 Å². The molecule has 1 aromatic heterocycles. The van der Waals surface area contributed by atoms with Crippen molar-refractivity contribution in [1.29, 1.82) is 0 Å². The SMILES string of the molecule is CN1CC[C@H](NC(=O)Nc2cnn(C(C)(C)C)c2)[C@@H]1c1ccccc1. The molecule has 0 bridgehead atoms. The van der Waals surface area contributed by atoms with Crippen LogP contribution in [0.4, 0.5) is 10.5 Å². The van der Waals surface area contributed by atoms with Crippen LogP contribution in [0.15, 0.2) is 42.7 Å². The van der Waals surface area contributed by atoms with Gasteiger partial charge in [0.05, 0.1) is 29.5 Å². The van der Waals surface area contributed by atoms with Crippen LogP contribution in [-0.4, -0.2) is 40.3 Å². The van der Waals surface area contributed by atoms with Crippen LogP contribution in [0.25, 0.3) is 0 Å². The van der Waals surface area contributed by atoms with Crippen molar-refractivity contribution in [3.8, 4) is 0 Å². The summed E-state index contributed by atoms with van der Waals surface area (Å²) in [6, 6.07) is 10.4. The van der Waals surface area contributed by atoms with Gasteiger partial charge in [0.15, 0.2) is 0 Å². The molecule has 3 rings (SSSR count). The molecule has 134 valence electrons. The molecule has 0 radical (unpaired) electrons. The number of anilines is 1. The number of nitrogens with one attached hydrogen (secondary N) is 2. The largest absolute Gasteiger partial charge is 0.333 e. The predicted octanol–water partition coefficient (Wildman–Crippen LogP) is 3.21. The molecule has 25 heavy (non-hydrogen) atoms. The highest BCUT2D eigenvalue weighted by Crippen LogP contribution is 2.30. The van der Waals surface area contributed by atoms with Crippen LogP contribution in [0, 0.1) is 0 Å². The van der Waals surface area contributed by atoms with Crippen molar-refractivity contribution >= 4 is 11.7 Å². The summed E-state index contributed by atoms with van der Waals surface area (Å²) >= 11 is 0. The van der Waals surface area contributed by atoms with Crippen LogP contribution < -0.4 is 10.6 Å². The molecule has 1 aliphatic rings. The Hall–Kier alpha value is -2.34. The average molecular weight is 341 g/mol. The Morgan fingerprint density at radius 2 is 1.96 bits per heavy atom. The van der Waals surface area contributed by atoms with Crippen molar-refractivity contribution in [1.82, 2.24) is 20.0 Å². The number of urea groups is 1. The lowest BCUT2D eigenvalue weighted by molar-refractivity contribution is 0.240. The highest BCUT2D eigenvalue weighted by Gasteiger charge is 2.33. The number of hydrogen-bond donors (Lipinski definition) is 2. The summed E-state index contributed by atoms with van der Waals surface area (Å²) in [5.74, 6) is 0. The highest BCUT2D eigenvalue weighted by atomic mass is 16.2. The van der Waals surface area contributed by atoms with E-state index < -0.39 is 0 Å². The smallest absolute Gasteiger partial charge is 0.319 e. The van der Waals surface area contributed by atoms with Gasteiger partial charge in [-0.2, -0.15) is 5.10 Å². The van der Waals surface area contributed by atoms with Gasteiger partial charge in [-0.25, -0.2) is 4.79 Å². The topological polar surface area (TPSA) is 62.2 Å². The van der Waals surface area contributed by atoms with E-state index in [0.29, 0.717) is 5.69 Å². The highest BCUT2D eigenvalue weighted by molar-refractivity contribution is 5.89. The summed E-state index contributed by atoms with van der Waals surface area (Å²) in [5, 5.41) is 10.3. The second-order valence-electron chi connectivity index (χ2n) is 7.67. The van der Waals surface area contributed by atoms with Crippen molar-refractivity contribution in [2.24, 2.45) is 0 Å². The van der Waals surface area contributed by atoms with E-state index in [0.717, 1.165) is 13.0 Å². The van der Waals surface area contributed by atoms with E-state index in [1.54, 1.807) is 6.20 Å². The van der Waals surface area contributed by atoms with Crippen molar-refractivity contribution in [2.75, 3.05) is 18.9 Å². The van der Waals surface area contributed by atoms with Crippen LogP contribution in [0.2, 0.25) is 0 Å². The number of carbonyl (C=O) groups excluding carboxylic acids is 1. The van der Waals surface area contributed by atoms with Gasteiger partial charge in [-0.15, -0.1) is 0 Å². The van der Waals surface area contributed by atoms with Gasteiger partial charge in [-0.1, -0.05) is 30.3 Å². The van der Waals surface area contributed by atoms with E-state index in [1.165, 1.54) is 5.56 Å². The molecule has 1 fully saturated rings. The van der Waals surface area contributed by atoms with Crippen LogP contribution in [0.5, 0.6) is 0 Å². The summed E-state index contributed by atoms with van der Waals surface area (Å²) in [6.07, 6.45) is 4.47. The molecule has 0 unspecified atom stereocenters. The van der Waals surface area contributed by atoms with Crippen molar-refractivity contribution in [3.63, 3.8) is 0 Å².